The molecule has 1 aromatic heterocycles. The van der Waals surface area contributed by atoms with E-state index in [-0.39, 0.29) is 0 Å². The van der Waals surface area contributed by atoms with Crippen LogP contribution in [-0.4, -0.2) is 34.8 Å². The van der Waals surface area contributed by atoms with Gasteiger partial charge in [0.05, 0.1) is 5.69 Å². The topological polar surface area (TPSA) is 62.3 Å². The number of benzene rings is 2. The molecule has 0 unspecified atom stereocenters. The molecule has 35 heavy (non-hydrogen) atoms. The first kappa shape index (κ1) is 27.8. The van der Waals surface area contributed by atoms with Crippen LogP contribution in [-0.2, 0) is 16.1 Å². The van der Waals surface area contributed by atoms with E-state index in [9.17, 15) is 9.59 Å². The Hall–Kier alpha value is -3.47. The van der Waals surface area contributed by atoms with Crippen molar-refractivity contribution in [3.05, 3.63) is 90.1 Å². The fraction of sp³-hybridized carbons (Fsp3) is 0.367. The minimum absolute atomic E-state index is 0.411. The van der Waals surface area contributed by atoms with E-state index in [1.165, 1.54) is 29.7 Å². The second kappa shape index (κ2) is 15.4. The Morgan fingerprint density at radius 1 is 0.857 bits per heavy atom. The average molecular weight is 474 g/mol. The zero-order chi connectivity index (χ0) is 25.5. The lowest BCUT2D eigenvalue weighted by Gasteiger charge is -2.26. The smallest absolute Gasteiger partial charge is 0.312 e. The summed E-state index contributed by atoms with van der Waals surface area (Å²) in [5.74, 6) is -0.121. The number of carbonyl (C=O) groups excluding carboxylic acids is 2. The monoisotopic (exact) mass is 473 g/mol. The third kappa shape index (κ3) is 8.36. The number of pyridine rings is 1. The van der Waals surface area contributed by atoms with E-state index in [1.54, 1.807) is 6.20 Å². The highest BCUT2D eigenvalue weighted by Gasteiger charge is 2.25. The van der Waals surface area contributed by atoms with Crippen molar-refractivity contribution in [2.24, 2.45) is 0 Å². The summed E-state index contributed by atoms with van der Waals surface area (Å²) in [4.78, 5) is 29.0. The van der Waals surface area contributed by atoms with Crippen molar-refractivity contribution in [2.75, 3.05) is 13.1 Å². The molecule has 3 aromatic rings. The van der Waals surface area contributed by atoms with Gasteiger partial charge in [-0.25, -0.2) is 0 Å². The quantitative estimate of drug-likeness (QED) is 0.458. The van der Waals surface area contributed by atoms with Gasteiger partial charge >= 0.3 is 11.8 Å². The highest BCUT2D eigenvalue weighted by atomic mass is 16.2. The van der Waals surface area contributed by atoms with Crippen LogP contribution in [0.4, 0.5) is 0 Å². The van der Waals surface area contributed by atoms with Crippen LogP contribution in [0, 0.1) is 0 Å². The van der Waals surface area contributed by atoms with Gasteiger partial charge in [0.15, 0.2) is 0 Å². The lowest BCUT2D eigenvalue weighted by molar-refractivity contribution is -0.148. The van der Waals surface area contributed by atoms with E-state index in [4.69, 9.17) is 0 Å². The second-order valence-corrected chi connectivity index (χ2v) is 7.94. The van der Waals surface area contributed by atoms with Gasteiger partial charge in [0, 0.05) is 31.4 Å². The van der Waals surface area contributed by atoms with Crippen molar-refractivity contribution in [1.29, 1.82) is 0 Å². The summed E-state index contributed by atoms with van der Waals surface area (Å²) in [6.07, 6.45) is 6.00. The molecule has 0 spiro atoms. The highest BCUT2D eigenvalue weighted by Crippen LogP contribution is 2.35. The third-order valence-corrected chi connectivity index (χ3v) is 5.79. The average Bonchev–Trinajstić information content (AvgIpc) is 2.90. The number of nitrogens with zero attached hydrogens (tertiary/aromatic N) is 2. The fourth-order valence-corrected chi connectivity index (χ4v) is 3.76. The lowest BCUT2D eigenvalue weighted by Crippen LogP contribution is -2.51. The van der Waals surface area contributed by atoms with E-state index in [2.05, 4.69) is 40.6 Å². The minimum atomic E-state index is -0.532. The van der Waals surface area contributed by atoms with Gasteiger partial charge in [0.25, 0.3) is 0 Å². The molecule has 2 heterocycles. The molecule has 1 aliphatic carbocycles. The molecule has 5 heteroatoms. The SMILES string of the molecule is CC.CC.O=C1NCCN(Cc2ccc(-c3ccccc3)nc2)C1=O.c1ccc(C2CCC2)cc1. The first-order valence-corrected chi connectivity index (χ1v) is 12.8. The normalized spacial score (nSPS) is 14.6. The Kier molecular flexibility index (Phi) is 12.2. The van der Waals surface area contributed by atoms with Crippen LogP contribution in [0.15, 0.2) is 79.0 Å². The maximum absolute atomic E-state index is 11.7. The first-order valence-electron chi connectivity index (χ1n) is 12.8. The van der Waals surface area contributed by atoms with E-state index < -0.39 is 11.8 Å². The Morgan fingerprint density at radius 2 is 1.49 bits per heavy atom. The molecule has 186 valence electrons. The Bertz CT molecular complexity index is 1000. The molecule has 0 atom stereocenters. The Balaban J connectivity index is 0.000000257. The van der Waals surface area contributed by atoms with Crippen molar-refractivity contribution in [3.8, 4) is 11.3 Å². The molecule has 1 aliphatic heterocycles. The molecular formula is C30H39N3O2. The second-order valence-electron chi connectivity index (χ2n) is 7.94. The van der Waals surface area contributed by atoms with Crippen LogP contribution in [0.1, 0.15) is 64.0 Å². The van der Waals surface area contributed by atoms with Crippen LogP contribution >= 0.6 is 0 Å². The molecule has 2 amide bonds. The molecule has 1 saturated carbocycles. The molecule has 1 N–H and O–H groups in total. The van der Waals surface area contributed by atoms with E-state index in [0.717, 1.165) is 22.7 Å². The third-order valence-electron chi connectivity index (χ3n) is 5.79. The minimum Gasteiger partial charge on any atom is -0.346 e. The van der Waals surface area contributed by atoms with Gasteiger partial charge in [0.1, 0.15) is 0 Å². The van der Waals surface area contributed by atoms with Crippen LogP contribution in [0.2, 0.25) is 0 Å². The molecule has 2 aromatic carbocycles. The lowest BCUT2D eigenvalue weighted by atomic mass is 9.80. The summed E-state index contributed by atoms with van der Waals surface area (Å²) >= 11 is 0. The maximum Gasteiger partial charge on any atom is 0.312 e. The summed E-state index contributed by atoms with van der Waals surface area (Å²) in [7, 11) is 0. The molecule has 0 bridgehead atoms. The number of amides is 2. The molecule has 0 radical (unpaired) electrons. The van der Waals surface area contributed by atoms with E-state index >= 15 is 0 Å². The van der Waals surface area contributed by atoms with Gasteiger partial charge in [-0.05, 0) is 36.0 Å². The molecule has 1 saturated heterocycles. The van der Waals surface area contributed by atoms with Crippen LogP contribution < -0.4 is 5.32 Å². The number of rotatable bonds is 4. The number of hydrogen-bond donors (Lipinski definition) is 1. The summed E-state index contributed by atoms with van der Waals surface area (Å²) in [5, 5.41) is 2.53. The highest BCUT2D eigenvalue weighted by molar-refractivity contribution is 6.35. The number of hydrogen-bond acceptors (Lipinski definition) is 3. The zero-order valence-corrected chi connectivity index (χ0v) is 21.5. The van der Waals surface area contributed by atoms with Gasteiger partial charge in [-0.2, -0.15) is 0 Å². The van der Waals surface area contributed by atoms with Crippen molar-refractivity contribution in [2.45, 2.75) is 59.4 Å². The fourth-order valence-electron chi connectivity index (χ4n) is 3.76. The van der Waals surface area contributed by atoms with Crippen LogP contribution in [0.3, 0.4) is 0 Å². The van der Waals surface area contributed by atoms with Gasteiger partial charge in [0.2, 0.25) is 0 Å². The Labute approximate surface area is 210 Å². The number of piperazine rings is 1. The van der Waals surface area contributed by atoms with Gasteiger partial charge in [-0.1, -0.05) is 101 Å². The summed E-state index contributed by atoms with van der Waals surface area (Å²) in [5.41, 5.74) is 4.39. The van der Waals surface area contributed by atoms with Crippen molar-refractivity contribution in [3.63, 3.8) is 0 Å². The van der Waals surface area contributed by atoms with Gasteiger partial charge in [-0.3, -0.25) is 14.6 Å². The van der Waals surface area contributed by atoms with E-state index in [1.807, 2.05) is 70.2 Å². The number of carbonyl (C=O) groups is 2. The number of aromatic nitrogens is 1. The standard InChI is InChI=1S/C16H15N3O2.C10H12.2C2H6/c20-15-16(21)19(9-8-17-15)11-12-6-7-14(18-10-12)13-4-2-1-3-5-13;1-2-5-9(6-3-1)10-7-4-8-10;2*1-2/h1-7,10H,8-9,11H2,(H,17,20);1-3,5-6,10H,4,7-8H2;2*1-2H3. The molecule has 5 rings (SSSR count). The van der Waals surface area contributed by atoms with Crippen molar-refractivity contribution in [1.82, 2.24) is 15.2 Å². The zero-order valence-electron chi connectivity index (χ0n) is 21.5. The predicted octanol–water partition coefficient (Wildman–Crippen LogP) is 6.21. The first-order chi connectivity index (χ1) is 17.2. The van der Waals surface area contributed by atoms with Crippen LogP contribution in [0.5, 0.6) is 0 Å². The Morgan fingerprint density at radius 3 is 2.03 bits per heavy atom. The van der Waals surface area contributed by atoms with Gasteiger partial charge < -0.3 is 10.2 Å². The summed E-state index contributed by atoms with van der Waals surface area (Å²) in [6, 6.07) is 24.6. The molecule has 5 nitrogen and oxygen atoms in total. The van der Waals surface area contributed by atoms with Crippen molar-refractivity contribution < 1.29 is 9.59 Å². The van der Waals surface area contributed by atoms with E-state index in [0.29, 0.717) is 19.6 Å². The predicted molar refractivity (Wildman–Crippen MR) is 144 cm³/mol. The largest absolute Gasteiger partial charge is 0.346 e. The molecule has 2 fully saturated rings. The molecule has 2 aliphatic rings. The maximum atomic E-state index is 11.7. The van der Waals surface area contributed by atoms with Gasteiger partial charge in [-0.15, -0.1) is 0 Å². The van der Waals surface area contributed by atoms with Crippen molar-refractivity contribution >= 4 is 11.8 Å². The summed E-state index contributed by atoms with van der Waals surface area (Å²) in [6.45, 7) is 9.44. The summed E-state index contributed by atoms with van der Waals surface area (Å²) < 4.78 is 0. The number of nitrogens with one attached hydrogen (secondary N) is 1. The van der Waals surface area contributed by atoms with Crippen LogP contribution in [0.25, 0.3) is 11.3 Å². The molecular weight excluding hydrogens is 434 g/mol.